The van der Waals surface area contributed by atoms with Crippen molar-refractivity contribution >= 4 is 39.9 Å². The molecule has 0 aliphatic carbocycles. The Balaban J connectivity index is 1.66. The first kappa shape index (κ1) is 25.0. The number of nitrogens with zero attached hydrogens (tertiary/aromatic N) is 1. The number of hydrogen-bond acceptors (Lipinski definition) is 5. The van der Waals surface area contributed by atoms with Crippen LogP contribution in [0.1, 0.15) is 24.3 Å². The highest BCUT2D eigenvalue weighted by atomic mass is 35.5. The van der Waals surface area contributed by atoms with Gasteiger partial charge in [-0.3, -0.25) is 9.59 Å². The summed E-state index contributed by atoms with van der Waals surface area (Å²) in [4.78, 5) is 39.2. The van der Waals surface area contributed by atoms with Crippen LogP contribution in [0.4, 0.5) is 5.69 Å². The summed E-state index contributed by atoms with van der Waals surface area (Å²) in [5.74, 6) is -0.618. The lowest BCUT2D eigenvalue weighted by atomic mass is 9.96. The molecule has 36 heavy (non-hydrogen) atoms. The third-order valence-electron chi connectivity index (χ3n) is 5.72. The van der Waals surface area contributed by atoms with Gasteiger partial charge in [-0.2, -0.15) is 0 Å². The molecule has 4 rings (SSSR count). The van der Waals surface area contributed by atoms with Gasteiger partial charge >= 0.3 is 5.97 Å². The van der Waals surface area contributed by atoms with E-state index in [-0.39, 0.29) is 11.3 Å². The Kier molecular flexibility index (Phi) is 7.41. The molecule has 184 valence electrons. The monoisotopic (exact) mass is 504 g/mol. The van der Waals surface area contributed by atoms with E-state index >= 15 is 0 Å². The van der Waals surface area contributed by atoms with Gasteiger partial charge in [0.15, 0.2) is 6.10 Å². The molecule has 7 nitrogen and oxygen atoms in total. The lowest BCUT2D eigenvalue weighted by Crippen LogP contribution is -2.32. The third-order valence-corrected chi connectivity index (χ3v) is 5.97. The molecule has 0 spiro atoms. The van der Waals surface area contributed by atoms with Crippen LogP contribution in [0.3, 0.4) is 0 Å². The Hall–Kier alpha value is -4.10. The first-order valence-corrected chi connectivity index (χ1v) is 11.8. The van der Waals surface area contributed by atoms with Gasteiger partial charge in [-0.15, -0.1) is 0 Å². The predicted molar refractivity (Wildman–Crippen MR) is 141 cm³/mol. The van der Waals surface area contributed by atoms with Gasteiger partial charge in [0.2, 0.25) is 0 Å². The second kappa shape index (κ2) is 10.7. The summed E-state index contributed by atoms with van der Waals surface area (Å²) in [5.41, 5.74) is 1.44. The number of amides is 1. The van der Waals surface area contributed by atoms with Crippen LogP contribution in [0.5, 0.6) is 5.75 Å². The average molecular weight is 505 g/mol. The van der Waals surface area contributed by atoms with Crippen LogP contribution < -0.4 is 15.6 Å². The van der Waals surface area contributed by atoms with Gasteiger partial charge in [-0.05, 0) is 67.3 Å². The second-order valence-corrected chi connectivity index (χ2v) is 8.57. The number of halogens is 1. The fourth-order valence-corrected chi connectivity index (χ4v) is 4.05. The van der Waals surface area contributed by atoms with Gasteiger partial charge in [0, 0.05) is 28.7 Å². The van der Waals surface area contributed by atoms with E-state index in [1.807, 2.05) is 6.92 Å². The van der Waals surface area contributed by atoms with E-state index < -0.39 is 18.0 Å². The number of fused-ring (bicyclic) bond motifs is 1. The number of benzene rings is 3. The number of carbonyl (C=O) groups excluding carboxylic acids is 2. The highest BCUT2D eigenvalue weighted by Crippen LogP contribution is 2.32. The van der Waals surface area contributed by atoms with Crippen molar-refractivity contribution in [2.24, 2.45) is 7.05 Å². The van der Waals surface area contributed by atoms with Crippen LogP contribution in [0.25, 0.3) is 21.9 Å². The van der Waals surface area contributed by atoms with Gasteiger partial charge in [-0.1, -0.05) is 41.9 Å². The third kappa shape index (κ3) is 5.11. The van der Waals surface area contributed by atoms with Gasteiger partial charge in [-0.25, -0.2) is 4.79 Å². The van der Waals surface area contributed by atoms with Gasteiger partial charge in [0.1, 0.15) is 11.4 Å². The summed E-state index contributed by atoms with van der Waals surface area (Å²) in [6.45, 7) is 3.90. The molecule has 1 N–H and O–H groups in total. The number of rotatable bonds is 7. The van der Waals surface area contributed by atoms with Crippen molar-refractivity contribution in [1.29, 1.82) is 0 Å². The Labute approximate surface area is 213 Å². The van der Waals surface area contributed by atoms with Gasteiger partial charge in [0.05, 0.1) is 6.61 Å². The van der Waals surface area contributed by atoms with Crippen molar-refractivity contribution in [3.05, 3.63) is 93.9 Å². The minimum Gasteiger partial charge on any atom is -0.494 e. The number of carbonyl (C=O) groups is 2. The molecular weight excluding hydrogens is 480 g/mol. The smallest absolute Gasteiger partial charge is 0.356 e. The molecule has 8 heteroatoms. The van der Waals surface area contributed by atoms with Crippen LogP contribution >= 0.6 is 11.6 Å². The lowest BCUT2D eigenvalue weighted by molar-refractivity contribution is -0.123. The number of ether oxygens (including phenoxy) is 2. The zero-order valence-corrected chi connectivity index (χ0v) is 20.8. The molecule has 3 aromatic carbocycles. The van der Waals surface area contributed by atoms with Crippen LogP contribution in [-0.4, -0.2) is 29.2 Å². The number of aromatic nitrogens is 1. The summed E-state index contributed by atoms with van der Waals surface area (Å²) >= 11 is 6.07. The van der Waals surface area contributed by atoms with Gasteiger partial charge in [0.25, 0.3) is 11.5 Å². The van der Waals surface area contributed by atoms with E-state index in [9.17, 15) is 14.4 Å². The van der Waals surface area contributed by atoms with Crippen LogP contribution in [-0.2, 0) is 16.6 Å². The molecule has 1 aromatic heterocycles. The zero-order valence-electron chi connectivity index (χ0n) is 20.1. The summed E-state index contributed by atoms with van der Waals surface area (Å²) in [6.07, 6.45) is -1.12. The second-order valence-electron chi connectivity index (χ2n) is 8.13. The predicted octanol–water partition coefficient (Wildman–Crippen LogP) is 5.44. The Morgan fingerprint density at radius 3 is 2.25 bits per heavy atom. The standard InChI is InChI=1S/C28H25ClN2O5/c1-4-35-21-15-13-20(14-16-21)30-26(32)17(2)36-28(34)25-24(18-9-11-19(29)12-10-18)22-7-5-6-8-23(22)27(33)31(25)3/h5-17H,4H2,1-3H3,(H,30,32). The molecule has 0 saturated heterocycles. The van der Waals surface area contributed by atoms with Crippen molar-refractivity contribution in [2.75, 3.05) is 11.9 Å². The first-order valence-electron chi connectivity index (χ1n) is 11.4. The van der Waals surface area contributed by atoms with Crippen LogP contribution in [0.15, 0.2) is 77.6 Å². The van der Waals surface area contributed by atoms with E-state index in [1.54, 1.807) is 72.8 Å². The first-order chi connectivity index (χ1) is 17.3. The highest BCUT2D eigenvalue weighted by Gasteiger charge is 2.26. The maximum absolute atomic E-state index is 13.4. The van der Waals surface area contributed by atoms with Crippen molar-refractivity contribution in [2.45, 2.75) is 20.0 Å². The minimum absolute atomic E-state index is 0.0433. The fourth-order valence-electron chi connectivity index (χ4n) is 3.93. The Morgan fingerprint density at radius 2 is 1.61 bits per heavy atom. The number of esters is 1. The fraction of sp³-hybridized carbons (Fsp3) is 0.179. The number of anilines is 1. The van der Waals surface area contributed by atoms with E-state index in [4.69, 9.17) is 21.1 Å². The molecule has 1 atom stereocenters. The molecule has 1 heterocycles. The molecule has 1 unspecified atom stereocenters. The van der Waals surface area contributed by atoms with Crippen molar-refractivity contribution in [3.8, 4) is 16.9 Å². The minimum atomic E-state index is -1.12. The molecule has 4 aromatic rings. The summed E-state index contributed by atoms with van der Waals surface area (Å²) < 4.78 is 12.2. The number of hydrogen-bond donors (Lipinski definition) is 1. The summed E-state index contributed by atoms with van der Waals surface area (Å²) in [5, 5.41) is 4.32. The largest absolute Gasteiger partial charge is 0.494 e. The van der Waals surface area contributed by atoms with Crippen LogP contribution in [0, 0.1) is 0 Å². The average Bonchev–Trinajstić information content (AvgIpc) is 2.88. The highest BCUT2D eigenvalue weighted by molar-refractivity contribution is 6.30. The Morgan fingerprint density at radius 1 is 0.972 bits per heavy atom. The number of nitrogens with one attached hydrogen (secondary N) is 1. The number of pyridine rings is 1. The quantitative estimate of drug-likeness (QED) is 0.338. The molecule has 0 radical (unpaired) electrons. The molecular formula is C28H25ClN2O5. The van der Waals surface area contributed by atoms with E-state index in [1.165, 1.54) is 18.5 Å². The molecule has 0 aliphatic heterocycles. The van der Waals surface area contributed by atoms with E-state index in [0.29, 0.717) is 45.0 Å². The topological polar surface area (TPSA) is 86.6 Å². The van der Waals surface area contributed by atoms with E-state index in [2.05, 4.69) is 5.32 Å². The molecule has 0 saturated carbocycles. The lowest BCUT2D eigenvalue weighted by Gasteiger charge is -2.19. The maximum Gasteiger partial charge on any atom is 0.356 e. The maximum atomic E-state index is 13.4. The Bertz CT molecular complexity index is 1480. The summed E-state index contributed by atoms with van der Waals surface area (Å²) in [7, 11) is 1.51. The SMILES string of the molecule is CCOc1ccc(NC(=O)C(C)OC(=O)c2c(-c3ccc(Cl)cc3)c3ccccc3c(=O)n2C)cc1. The normalized spacial score (nSPS) is 11.7. The van der Waals surface area contributed by atoms with Crippen molar-refractivity contribution in [1.82, 2.24) is 4.57 Å². The molecule has 0 fully saturated rings. The molecule has 0 bridgehead atoms. The molecule has 1 amide bonds. The van der Waals surface area contributed by atoms with Crippen molar-refractivity contribution < 1.29 is 19.1 Å². The van der Waals surface area contributed by atoms with Gasteiger partial charge < -0.3 is 19.4 Å². The van der Waals surface area contributed by atoms with Crippen molar-refractivity contribution in [3.63, 3.8) is 0 Å². The molecule has 0 aliphatic rings. The van der Waals surface area contributed by atoms with E-state index in [0.717, 1.165) is 0 Å². The zero-order chi connectivity index (χ0) is 25.8. The van der Waals surface area contributed by atoms with Crippen LogP contribution in [0.2, 0.25) is 5.02 Å². The summed E-state index contributed by atoms with van der Waals surface area (Å²) in [6, 6.07) is 20.9.